The number of esters is 4. The Hall–Kier alpha value is -1.94. The number of aliphatic hydroxyl groups is 1. The topological polar surface area (TPSA) is 237 Å². The Morgan fingerprint density at radius 2 is 0.500 bits per heavy atom. The fourth-order valence-corrected chi connectivity index (χ4v) is 12.7. The highest BCUT2D eigenvalue weighted by molar-refractivity contribution is 7.47. The summed E-state index contributed by atoms with van der Waals surface area (Å²) in [7, 11) is -9.91. The normalized spacial score (nSPS) is 14.1. The molecule has 0 aliphatic heterocycles. The highest BCUT2D eigenvalue weighted by Gasteiger charge is 2.30. The van der Waals surface area contributed by atoms with E-state index in [2.05, 4.69) is 48.5 Å². The molecule has 0 spiro atoms. The predicted molar refractivity (Wildman–Crippen MR) is 372 cm³/mol. The Morgan fingerprint density at radius 1 is 0.293 bits per heavy atom. The molecule has 0 aromatic carbocycles. The van der Waals surface area contributed by atoms with Gasteiger partial charge in [-0.2, -0.15) is 0 Å². The van der Waals surface area contributed by atoms with Gasteiger partial charge in [-0.3, -0.25) is 37.3 Å². The zero-order valence-electron chi connectivity index (χ0n) is 60.0. The lowest BCUT2D eigenvalue weighted by atomic mass is 10.0. The zero-order chi connectivity index (χ0) is 68.0. The van der Waals surface area contributed by atoms with Crippen molar-refractivity contribution in [3.63, 3.8) is 0 Å². The molecular weight excluding hydrogens is 1210 g/mol. The maximum Gasteiger partial charge on any atom is 0.472 e. The highest BCUT2D eigenvalue weighted by Crippen LogP contribution is 2.45. The summed E-state index contributed by atoms with van der Waals surface area (Å²) in [4.78, 5) is 72.7. The number of aliphatic hydroxyl groups excluding tert-OH is 1. The van der Waals surface area contributed by atoms with E-state index in [1.165, 1.54) is 173 Å². The Bertz CT molecular complexity index is 1800. The molecule has 0 fully saturated rings. The first-order chi connectivity index (χ1) is 44.2. The van der Waals surface area contributed by atoms with Gasteiger partial charge in [0.05, 0.1) is 26.4 Å². The first-order valence-corrected chi connectivity index (χ1v) is 40.8. The number of hydrogen-bond donors (Lipinski definition) is 3. The van der Waals surface area contributed by atoms with Gasteiger partial charge in [0, 0.05) is 25.7 Å². The Kier molecular flexibility index (Phi) is 62.4. The molecule has 546 valence electrons. The molecule has 0 aliphatic carbocycles. The Labute approximate surface area is 562 Å². The SMILES string of the molecule is CCCCCCCCCCCCCCCCC(=O)OC[C@H](COP(=O)(O)OC[C@@H](O)COP(=O)(O)OC[C@@H](COC(=O)CCCCCCCCC(C)C)OC(=O)CCCCCCCCCCCCC(C)C)OC(=O)CCCCCCCCCCCCCCCC(C)C. The first-order valence-electron chi connectivity index (χ1n) is 37.8. The summed E-state index contributed by atoms with van der Waals surface area (Å²) < 4.78 is 68.4. The van der Waals surface area contributed by atoms with E-state index < -0.39 is 97.5 Å². The molecule has 0 aliphatic rings. The van der Waals surface area contributed by atoms with Crippen LogP contribution < -0.4 is 0 Å². The predicted octanol–water partition coefficient (Wildman–Crippen LogP) is 21.0. The molecule has 0 bridgehead atoms. The molecule has 0 aromatic heterocycles. The Balaban J connectivity index is 5.25. The average molecular weight is 1350 g/mol. The van der Waals surface area contributed by atoms with E-state index in [1.54, 1.807) is 0 Å². The van der Waals surface area contributed by atoms with Gasteiger partial charge in [0.2, 0.25) is 0 Å². The minimum absolute atomic E-state index is 0.105. The molecule has 0 rings (SSSR count). The number of carbonyl (C=O) groups is 4. The van der Waals surface area contributed by atoms with Crippen LogP contribution in [0.5, 0.6) is 0 Å². The van der Waals surface area contributed by atoms with Crippen LogP contribution in [0, 0.1) is 17.8 Å². The summed E-state index contributed by atoms with van der Waals surface area (Å²) in [6, 6.07) is 0. The van der Waals surface area contributed by atoms with Gasteiger partial charge in [-0.1, -0.05) is 318 Å². The van der Waals surface area contributed by atoms with Crippen LogP contribution in [0.4, 0.5) is 0 Å². The second-order valence-electron chi connectivity index (χ2n) is 27.8. The monoisotopic (exact) mass is 1350 g/mol. The van der Waals surface area contributed by atoms with Gasteiger partial charge >= 0.3 is 39.5 Å². The van der Waals surface area contributed by atoms with E-state index in [1.807, 2.05) is 0 Å². The van der Waals surface area contributed by atoms with Gasteiger partial charge in [-0.05, 0) is 43.4 Å². The number of carbonyl (C=O) groups excluding carboxylic acids is 4. The third-order valence-corrected chi connectivity index (χ3v) is 18.8. The lowest BCUT2D eigenvalue weighted by molar-refractivity contribution is -0.161. The van der Waals surface area contributed by atoms with Crippen LogP contribution in [0.15, 0.2) is 0 Å². The van der Waals surface area contributed by atoms with Crippen LogP contribution >= 0.6 is 15.6 Å². The molecule has 0 aromatic rings. The number of ether oxygens (including phenoxy) is 4. The number of unbranched alkanes of at least 4 members (excludes halogenated alkanes) is 39. The standard InChI is InChI=1S/C73H142O17P2/c1-8-9-10-11-12-13-14-15-18-21-27-32-40-47-54-70(75)83-60-68(89-72(77)56-49-42-33-28-22-19-16-17-20-25-30-37-44-51-64(2)3)62-87-91(79,80)85-58-67(74)59-86-92(81,82)88-63-69(61-84-71(76)55-48-41-36-35-39-46-53-66(6)7)90-73(78)57-50-43-34-29-24-23-26-31-38-45-52-65(4)5/h64-69,74H,8-63H2,1-7H3,(H,79,80)(H,81,82)/t67-,68-,69-/m1/s1. The molecule has 19 heteroatoms. The van der Waals surface area contributed by atoms with E-state index in [-0.39, 0.29) is 25.7 Å². The van der Waals surface area contributed by atoms with Gasteiger partial charge in [0.1, 0.15) is 19.3 Å². The van der Waals surface area contributed by atoms with Crippen LogP contribution in [0.2, 0.25) is 0 Å². The zero-order valence-corrected chi connectivity index (χ0v) is 61.8. The number of hydrogen-bond acceptors (Lipinski definition) is 15. The third kappa shape index (κ3) is 66.7. The fourth-order valence-electron chi connectivity index (χ4n) is 11.1. The van der Waals surface area contributed by atoms with Crippen molar-refractivity contribution in [1.29, 1.82) is 0 Å². The van der Waals surface area contributed by atoms with Gasteiger partial charge in [0.15, 0.2) is 12.2 Å². The highest BCUT2D eigenvalue weighted by atomic mass is 31.2. The fraction of sp³-hybridized carbons (Fsp3) is 0.945. The van der Waals surface area contributed by atoms with Crippen molar-refractivity contribution in [2.45, 2.75) is 388 Å². The van der Waals surface area contributed by atoms with Crippen LogP contribution in [0.25, 0.3) is 0 Å². The smallest absolute Gasteiger partial charge is 0.462 e. The van der Waals surface area contributed by atoms with Gasteiger partial charge in [0.25, 0.3) is 0 Å². The van der Waals surface area contributed by atoms with Gasteiger partial charge in [-0.25, -0.2) is 9.13 Å². The quantitative estimate of drug-likeness (QED) is 0.0222. The summed E-state index contributed by atoms with van der Waals surface area (Å²) >= 11 is 0. The van der Waals surface area contributed by atoms with E-state index in [0.29, 0.717) is 31.6 Å². The second kappa shape index (κ2) is 63.8. The first kappa shape index (κ1) is 90.1. The van der Waals surface area contributed by atoms with E-state index in [9.17, 15) is 43.2 Å². The van der Waals surface area contributed by atoms with Gasteiger partial charge < -0.3 is 33.8 Å². The van der Waals surface area contributed by atoms with Crippen molar-refractivity contribution in [1.82, 2.24) is 0 Å². The van der Waals surface area contributed by atoms with E-state index >= 15 is 0 Å². The molecule has 2 unspecified atom stereocenters. The lowest BCUT2D eigenvalue weighted by Gasteiger charge is -2.21. The number of phosphoric ester groups is 2. The molecular formula is C73H142O17P2. The van der Waals surface area contributed by atoms with Crippen LogP contribution in [0.3, 0.4) is 0 Å². The lowest BCUT2D eigenvalue weighted by Crippen LogP contribution is -2.30. The van der Waals surface area contributed by atoms with Crippen LogP contribution in [0.1, 0.15) is 370 Å². The molecule has 3 N–H and O–H groups in total. The molecule has 17 nitrogen and oxygen atoms in total. The maximum atomic E-state index is 13.1. The molecule has 0 amide bonds. The van der Waals surface area contributed by atoms with Crippen molar-refractivity contribution in [3.05, 3.63) is 0 Å². The second-order valence-corrected chi connectivity index (χ2v) is 30.7. The summed E-state index contributed by atoms with van der Waals surface area (Å²) in [5, 5.41) is 10.6. The third-order valence-electron chi connectivity index (χ3n) is 16.9. The van der Waals surface area contributed by atoms with Crippen molar-refractivity contribution in [2.24, 2.45) is 17.8 Å². The molecule has 0 saturated carbocycles. The average Bonchev–Trinajstić information content (AvgIpc) is 3.33. The number of rotatable bonds is 71. The Morgan fingerprint density at radius 3 is 0.739 bits per heavy atom. The van der Waals surface area contributed by atoms with Crippen LogP contribution in [-0.2, 0) is 65.4 Å². The van der Waals surface area contributed by atoms with Gasteiger partial charge in [-0.15, -0.1) is 0 Å². The van der Waals surface area contributed by atoms with E-state index in [0.717, 1.165) is 108 Å². The molecule has 5 atom stereocenters. The summed E-state index contributed by atoms with van der Waals surface area (Å²) in [6.07, 6.45) is 48.6. The van der Waals surface area contributed by atoms with E-state index in [4.69, 9.17) is 37.0 Å². The minimum atomic E-state index is -4.95. The van der Waals surface area contributed by atoms with Crippen molar-refractivity contribution >= 4 is 39.5 Å². The maximum absolute atomic E-state index is 13.1. The number of phosphoric acid groups is 2. The largest absolute Gasteiger partial charge is 0.472 e. The summed E-state index contributed by atoms with van der Waals surface area (Å²) in [5.41, 5.74) is 0. The van der Waals surface area contributed by atoms with Crippen LogP contribution in [-0.4, -0.2) is 96.7 Å². The minimum Gasteiger partial charge on any atom is -0.462 e. The molecule has 0 radical (unpaired) electrons. The van der Waals surface area contributed by atoms with Crippen molar-refractivity contribution < 1.29 is 80.2 Å². The molecule has 0 heterocycles. The molecule has 92 heavy (non-hydrogen) atoms. The van der Waals surface area contributed by atoms with Crippen molar-refractivity contribution in [2.75, 3.05) is 39.6 Å². The molecule has 0 saturated heterocycles. The summed E-state index contributed by atoms with van der Waals surface area (Å²) in [5.74, 6) is 0.0951. The summed E-state index contributed by atoms with van der Waals surface area (Å²) in [6.45, 7) is 11.8. The van der Waals surface area contributed by atoms with Crippen molar-refractivity contribution in [3.8, 4) is 0 Å².